The molecule has 0 fully saturated rings. The Kier molecular flexibility index (Phi) is 5.22. The summed E-state index contributed by atoms with van der Waals surface area (Å²) >= 11 is 3.23. The summed E-state index contributed by atoms with van der Waals surface area (Å²) in [5, 5.41) is 3.15. The zero-order chi connectivity index (χ0) is 12.1. The summed E-state index contributed by atoms with van der Waals surface area (Å²) in [5.41, 5.74) is 0.513. The normalized spacial score (nSPS) is 12.9. The van der Waals surface area contributed by atoms with Gasteiger partial charge in [-0.05, 0) is 24.1 Å². The third-order valence-corrected chi connectivity index (χ3v) is 2.92. The maximum Gasteiger partial charge on any atom is 0.147 e. The molecule has 0 saturated heterocycles. The van der Waals surface area contributed by atoms with Gasteiger partial charge >= 0.3 is 0 Å². The smallest absolute Gasteiger partial charge is 0.147 e. The van der Waals surface area contributed by atoms with E-state index in [1.807, 2.05) is 6.07 Å². The van der Waals surface area contributed by atoms with Crippen LogP contribution in [0.25, 0.3) is 0 Å². The van der Waals surface area contributed by atoms with E-state index in [4.69, 9.17) is 4.74 Å². The minimum atomic E-state index is -0.254. The molecule has 0 aliphatic rings. The molecular formula is C12H17BrFNO. The second kappa shape index (κ2) is 6.21. The van der Waals surface area contributed by atoms with Crippen LogP contribution in [0.15, 0.2) is 22.7 Å². The second-order valence-electron chi connectivity index (χ2n) is 4.07. The second-order valence-corrected chi connectivity index (χ2v) is 4.99. The van der Waals surface area contributed by atoms with Crippen molar-refractivity contribution in [1.82, 2.24) is 0 Å². The Hall–Kier alpha value is -0.610. The topological polar surface area (TPSA) is 21.3 Å². The molecule has 0 aliphatic heterocycles. The van der Waals surface area contributed by atoms with E-state index in [0.29, 0.717) is 18.2 Å². The highest BCUT2D eigenvalue weighted by atomic mass is 79.9. The number of anilines is 1. The Bertz CT molecular complexity index is 344. The molecule has 1 N–H and O–H groups in total. The van der Waals surface area contributed by atoms with Crippen molar-refractivity contribution in [1.29, 1.82) is 0 Å². The summed E-state index contributed by atoms with van der Waals surface area (Å²) in [7, 11) is 1.65. The van der Waals surface area contributed by atoms with Gasteiger partial charge in [0.2, 0.25) is 0 Å². The van der Waals surface area contributed by atoms with Gasteiger partial charge in [0.25, 0.3) is 0 Å². The number of methoxy groups -OCH3 is 1. The molecule has 0 aromatic heterocycles. The third-order valence-electron chi connectivity index (χ3n) is 2.42. The number of nitrogens with one attached hydrogen (secondary N) is 1. The Morgan fingerprint density at radius 2 is 2.12 bits per heavy atom. The highest BCUT2D eigenvalue weighted by Gasteiger charge is 2.14. The molecule has 90 valence electrons. The molecular weight excluding hydrogens is 273 g/mol. The van der Waals surface area contributed by atoms with E-state index in [-0.39, 0.29) is 11.9 Å². The van der Waals surface area contributed by atoms with Gasteiger partial charge in [-0.1, -0.05) is 29.8 Å². The van der Waals surface area contributed by atoms with Crippen LogP contribution >= 0.6 is 15.9 Å². The van der Waals surface area contributed by atoms with Crippen LogP contribution < -0.4 is 5.32 Å². The van der Waals surface area contributed by atoms with Gasteiger partial charge in [0, 0.05) is 11.6 Å². The average Bonchev–Trinajstić information content (AvgIpc) is 2.20. The highest BCUT2D eigenvalue weighted by Crippen LogP contribution is 2.21. The van der Waals surface area contributed by atoms with Gasteiger partial charge in [0.15, 0.2) is 0 Å². The summed E-state index contributed by atoms with van der Waals surface area (Å²) in [5.74, 6) is 0.124. The molecule has 0 radical (unpaired) electrons. The molecule has 0 aliphatic carbocycles. The largest absolute Gasteiger partial charge is 0.383 e. The molecule has 1 aromatic rings. The zero-order valence-electron chi connectivity index (χ0n) is 9.76. The van der Waals surface area contributed by atoms with Crippen LogP contribution in [0, 0.1) is 11.7 Å². The Morgan fingerprint density at radius 3 is 2.62 bits per heavy atom. The first-order valence-corrected chi connectivity index (χ1v) is 6.04. The summed E-state index contributed by atoms with van der Waals surface area (Å²) in [6.07, 6.45) is 0. The van der Waals surface area contributed by atoms with E-state index >= 15 is 0 Å². The van der Waals surface area contributed by atoms with Crippen molar-refractivity contribution in [2.45, 2.75) is 19.9 Å². The molecule has 0 saturated carbocycles. The van der Waals surface area contributed by atoms with E-state index in [1.54, 1.807) is 13.2 Å². The summed E-state index contributed by atoms with van der Waals surface area (Å²) in [6, 6.07) is 5.10. The number of hydrogen-bond donors (Lipinski definition) is 1. The molecule has 4 heteroatoms. The van der Waals surface area contributed by atoms with Crippen molar-refractivity contribution in [2.75, 3.05) is 19.0 Å². The SMILES string of the molecule is COCC(Nc1ccc(Br)cc1F)C(C)C. The monoisotopic (exact) mass is 289 g/mol. The van der Waals surface area contributed by atoms with E-state index in [0.717, 1.165) is 4.47 Å². The lowest BCUT2D eigenvalue weighted by Gasteiger charge is -2.23. The predicted molar refractivity (Wildman–Crippen MR) is 68.2 cm³/mol. The maximum absolute atomic E-state index is 13.6. The maximum atomic E-state index is 13.6. The van der Waals surface area contributed by atoms with E-state index in [1.165, 1.54) is 6.07 Å². The van der Waals surface area contributed by atoms with Crippen LogP contribution in [-0.2, 0) is 4.74 Å². The molecule has 1 aromatic carbocycles. The van der Waals surface area contributed by atoms with Gasteiger partial charge in [-0.25, -0.2) is 4.39 Å². The lowest BCUT2D eigenvalue weighted by Crippen LogP contribution is -2.30. The number of ether oxygens (including phenoxy) is 1. The lowest BCUT2D eigenvalue weighted by molar-refractivity contribution is 0.171. The van der Waals surface area contributed by atoms with Crippen molar-refractivity contribution in [3.8, 4) is 0 Å². The molecule has 0 bridgehead atoms. The molecule has 0 heterocycles. The van der Waals surface area contributed by atoms with Gasteiger partial charge in [-0.2, -0.15) is 0 Å². The van der Waals surface area contributed by atoms with Gasteiger partial charge < -0.3 is 10.1 Å². The minimum absolute atomic E-state index is 0.112. The molecule has 0 spiro atoms. The van der Waals surface area contributed by atoms with E-state index < -0.39 is 0 Å². The summed E-state index contributed by atoms with van der Waals surface area (Å²) in [4.78, 5) is 0. The third kappa shape index (κ3) is 3.76. The van der Waals surface area contributed by atoms with Crippen LogP contribution in [-0.4, -0.2) is 19.8 Å². The van der Waals surface area contributed by atoms with Crippen molar-refractivity contribution in [3.05, 3.63) is 28.5 Å². The standard InChI is InChI=1S/C12H17BrFNO/c1-8(2)12(7-16-3)15-11-5-4-9(13)6-10(11)14/h4-6,8,12,15H,7H2,1-3H3. The summed E-state index contributed by atoms with van der Waals surface area (Å²) < 4.78 is 19.4. The van der Waals surface area contributed by atoms with Gasteiger partial charge in [-0.3, -0.25) is 0 Å². The number of halogens is 2. The predicted octanol–water partition coefficient (Wildman–Crippen LogP) is 3.67. The molecule has 2 nitrogen and oxygen atoms in total. The zero-order valence-corrected chi connectivity index (χ0v) is 11.3. The first-order chi connectivity index (χ1) is 7.54. The quantitative estimate of drug-likeness (QED) is 0.893. The lowest BCUT2D eigenvalue weighted by atomic mass is 10.1. The van der Waals surface area contributed by atoms with E-state index in [9.17, 15) is 4.39 Å². The first kappa shape index (κ1) is 13.5. The number of benzene rings is 1. The van der Waals surface area contributed by atoms with Gasteiger partial charge in [0.05, 0.1) is 18.3 Å². The molecule has 1 atom stereocenters. The van der Waals surface area contributed by atoms with Crippen LogP contribution in [0.2, 0.25) is 0 Å². The first-order valence-electron chi connectivity index (χ1n) is 5.25. The van der Waals surface area contributed by atoms with Gasteiger partial charge in [0.1, 0.15) is 5.82 Å². The molecule has 16 heavy (non-hydrogen) atoms. The Morgan fingerprint density at radius 1 is 1.44 bits per heavy atom. The van der Waals surface area contributed by atoms with Crippen LogP contribution in [0.3, 0.4) is 0 Å². The van der Waals surface area contributed by atoms with Crippen molar-refractivity contribution >= 4 is 21.6 Å². The van der Waals surface area contributed by atoms with Crippen LogP contribution in [0.5, 0.6) is 0 Å². The van der Waals surface area contributed by atoms with Crippen LogP contribution in [0.4, 0.5) is 10.1 Å². The summed E-state index contributed by atoms with van der Waals surface area (Å²) in [6.45, 7) is 4.72. The average molecular weight is 290 g/mol. The molecule has 0 amide bonds. The number of rotatable bonds is 5. The highest BCUT2D eigenvalue weighted by molar-refractivity contribution is 9.10. The van der Waals surface area contributed by atoms with Crippen molar-refractivity contribution < 1.29 is 9.13 Å². The number of hydrogen-bond acceptors (Lipinski definition) is 2. The molecule has 1 rings (SSSR count). The Balaban J connectivity index is 2.77. The fourth-order valence-corrected chi connectivity index (χ4v) is 1.72. The Labute approximate surface area is 104 Å². The fourth-order valence-electron chi connectivity index (χ4n) is 1.39. The van der Waals surface area contributed by atoms with Gasteiger partial charge in [-0.15, -0.1) is 0 Å². The van der Waals surface area contributed by atoms with Crippen LogP contribution in [0.1, 0.15) is 13.8 Å². The molecule has 1 unspecified atom stereocenters. The van der Waals surface area contributed by atoms with Crippen molar-refractivity contribution in [3.63, 3.8) is 0 Å². The van der Waals surface area contributed by atoms with Crippen molar-refractivity contribution in [2.24, 2.45) is 5.92 Å². The minimum Gasteiger partial charge on any atom is -0.383 e. The fraction of sp³-hybridized carbons (Fsp3) is 0.500. The van der Waals surface area contributed by atoms with E-state index in [2.05, 4.69) is 35.1 Å².